The summed E-state index contributed by atoms with van der Waals surface area (Å²) < 4.78 is 0. The number of hydrogen-bond acceptors (Lipinski definition) is 2. The number of hydrogen-bond donors (Lipinski definition) is 2. The average Bonchev–Trinajstić information content (AvgIpc) is 3.12. The van der Waals surface area contributed by atoms with Crippen LogP contribution in [0.1, 0.15) is 65.7 Å². The van der Waals surface area contributed by atoms with Gasteiger partial charge in [0.1, 0.15) is 0 Å². The van der Waals surface area contributed by atoms with Crippen LogP contribution in [0.3, 0.4) is 0 Å². The number of unbranched alkanes of at least 4 members (excludes halogenated alkanes) is 2. The fourth-order valence-electron chi connectivity index (χ4n) is 2.29. The number of nitrogens with two attached hydrogens (primary N) is 1. The molecule has 1 rings (SSSR count). The summed E-state index contributed by atoms with van der Waals surface area (Å²) in [6.45, 7) is 8.92. The molecule has 0 aliphatic heterocycles. The van der Waals surface area contributed by atoms with E-state index in [1.54, 1.807) is 0 Å². The molecule has 18 heavy (non-hydrogen) atoms. The Hall–Kier alpha value is -0.570. The van der Waals surface area contributed by atoms with Gasteiger partial charge in [-0.3, -0.25) is 5.41 Å². The molecule has 106 valence electrons. The number of nitrogens with zero attached hydrogens (tertiary/aromatic N) is 1. The zero-order valence-corrected chi connectivity index (χ0v) is 12.5. The summed E-state index contributed by atoms with van der Waals surface area (Å²) in [6, 6.07) is 0.886. The monoisotopic (exact) mass is 253 g/mol. The molecule has 0 saturated heterocycles. The van der Waals surface area contributed by atoms with Gasteiger partial charge in [0.15, 0.2) is 0 Å². The van der Waals surface area contributed by atoms with E-state index in [2.05, 4.69) is 25.7 Å². The highest BCUT2D eigenvalue weighted by Crippen LogP contribution is 2.28. The Kier molecular flexibility index (Phi) is 6.13. The zero-order chi connectivity index (χ0) is 13.6. The Morgan fingerprint density at radius 2 is 1.83 bits per heavy atom. The van der Waals surface area contributed by atoms with Gasteiger partial charge in [0.05, 0.1) is 5.84 Å². The van der Waals surface area contributed by atoms with E-state index in [4.69, 9.17) is 11.1 Å². The SMILES string of the molecule is CCCCN(CCCCC(C)(C)C(=N)N)C1CC1. The Balaban J connectivity index is 2.16. The second kappa shape index (κ2) is 7.13. The van der Waals surface area contributed by atoms with Crippen molar-refractivity contribution in [1.29, 1.82) is 5.41 Å². The molecule has 0 spiro atoms. The molecular weight excluding hydrogens is 222 g/mol. The van der Waals surface area contributed by atoms with Crippen LogP contribution in [0, 0.1) is 10.8 Å². The molecular formula is C15H31N3. The highest BCUT2D eigenvalue weighted by Gasteiger charge is 2.28. The van der Waals surface area contributed by atoms with Crippen molar-refractivity contribution in [2.45, 2.75) is 71.8 Å². The first-order valence-electron chi connectivity index (χ1n) is 7.56. The molecule has 0 atom stereocenters. The van der Waals surface area contributed by atoms with Crippen LogP contribution in [0.15, 0.2) is 0 Å². The third kappa shape index (κ3) is 5.38. The lowest BCUT2D eigenvalue weighted by atomic mass is 9.86. The van der Waals surface area contributed by atoms with Gasteiger partial charge < -0.3 is 10.6 Å². The lowest BCUT2D eigenvalue weighted by molar-refractivity contribution is 0.249. The van der Waals surface area contributed by atoms with Crippen molar-refractivity contribution in [2.75, 3.05) is 13.1 Å². The number of nitrogens with one attached hydrogen (secondary N) is 1. The van der Waals surface area contributed by atoms with Crippen molar-refractivity contribution < 1.29 is 0 Å². The molecule has 0 aromatic carbocycles. The maximum absolute atomic E-state index is 7.55. The summed E-state index contributed by atoms with van der Waals surface area (Å²) in [5.41, 5.74) is 5.49. The molecule has 0 aromatic heterocycles. The standard InChI is InChI=1S/C15H31N3/c1-4-5-11-18(13-8-9-13)12-7-6-10-15(2,3)14(16)17/h13H,4-12H2,1-3H3,(H3,16,17). The quantitative estimate of drug-likeness (QED) is 0.356. The van der Waals surface area contributed by atoms with Gasteiger partial charge in [0.25, 0.3) is 0 Å². The van der Waals surface area contributed by atoms with Crippen LogP contribution >= 0.6 is 0 Å². The van der Waals surface area contributed by atoms with Crippen LogP contribution in [-0.2, 0) is 0 Å². The van der Waals surface area contributed by atoms with E-state index in [1.165, 1.54) is 51.6 Å². The maximum atomic E-state index is 7.55. The molecule has 0 bridgehead atoms. The predicted molar refractivity (Wildman–Crippen MR) is 79.0 cm³/mol. The third-order valence-electron chi connectivity index (χ3n) is 4.09. The fourth-order valence-corrected chi connectivity index (χ4v) is 2.29. The van der Waals surface area contributed by atoms with Gasteiger partial charge in [-0.05, 0) is 45.2 Å². The number of rotatable bonds is 10. The molecule has 3 heteroatoms. The summed E-state index contributed by atoms with van der Waals surface area (Å²) in [7, 11) is 0. The summed E-state index contributed by atoms with van der Waals surface area (Å²) in [6.07, 6.45) is 8.90. The third-order valence-corrected chi connectivity index (χ3v) is 4.09. The fraction of sp³-hybridized carbons (Fsp3) is 0.933. The van der Waals surface area contributed by atoms with Crippen molar-refractivity contribution in [3.63, 3.8) is 0 Å². The van der Waals surface area contributed by atoms with Gasteiger partial charge in [-0.2, -0.15) is 0 Å². The Bertz CT molecular complexity index is 256. The van der Waals surface area contributed by atoms with Gasteiger partial charge in [-0.25, -0.2) is 0 Å². The maximum Gasteiger partial charge on any atom is 0.0963 e. The van der Waals surface area contributed by atoms with Crippen LogP contribution in [0.2, 0.25) is 0 Å². The smallest absolute Gasteiger partial charge is 0.0963 e. The molecule has 0 radical (unpaired) electrons. The van der Waals surface area contributed by atoms with Crippen molar-refractivity contribution >= 4 is 5.84 Å². The number of amidine groups is 1. The Morgan fingerprint density at radius 1 is 1.22 bits per heavy atom. The normalized spacial score (nSPS) is 16.2. The topological polar surface area (TPSA) is 53.1 Å². The largest absolute Gasteiger partial charge is 0.387 e. The predicted octanol–water partition coefficient (Wildman–Crippen LogP) is 3.38. The summed E-state index contributed by atoms with van der Waals surface area (Å²) in [5.74, 6) is 0.326. The Morgan fingerprint density at radius 3 is 2.33 bits per heavy atom. The molecule has 1 fully saturated rings. The highest BCUT2D eigenvalue weighted by atomic mass is 15.2. The molecule has 3 N–H and O–H groups in total. The van der Waals surface area contributed by atoms with Crippen LogP contribution in [0.25, 0.3) is 0 Å². The average molecular weight is 253 g/mol. The van der Waals surface area contributed by atoms with Crippen LogP contribution in [0.5, 0.6) is 0 Å². The van der Waals surface area contributed by atoms with E-state index in [9.17, 15) is 0 Å². The first-order chi connectivity index (χ1) is 8.47. The molecule has 1 aliphatic carbocycles. The zero-order valence-electron chi connectivity index (χ0n) is 12.5. The Labute approximate surface area is 113 Å². The van der Waals surface area contributed by atoms with E-state index in [1.807, 2.05) is 0 Å². The van der Waals surface area contributed by atoms with Crippen LogP contribution in [-0.4, -0.2) is 29.9 Å². The molecule has 0 aromatic rings. The van der Waals surface area contributed by atoms with Gasteiger partial charge in [-0.1, -0.05) is 33.6 Å². The van der Waals surface area contributed by atoms with Crippen LogP contribution in [0.4, 0.5) is 0 Å². The minimum absolute atomic E-state index is 0.117. The summed E-state index contributed by atoms with van der Waals surface area (Å²) in [4.78, 5) is 2.67. The van der Waals surface area contributed by atoms with E-state index < -0.39 is 0 Å². The highest BCUT2D eigenvalue weighted by molar-refractivity contribution is 5.82. The van der Waals surface area contributed by atoms with E-state index in [0.29, 0.717) is 5.84 Å². The van der Waals surface area contributed by atoms with Crippen molar-refractivity contribution in [3.8, 4) is 0 Å². The first-order valence-corrected chi connectivity index (χ1v) is 7.56. The lowest BCUT2D eigenvalue weighted by Crippen LogP contribution is -2.31. The van der Waals surface area contributed by atoms with Gasteiger partial charge in [0, 0.05) is 11.5 Å². The van der Waals surface area contributed by atoms with Crippen molar-refractivity contribution in [3.05, 3.63) is 0 Å². The second-order valence-electron chi connectivity index (χ2n) is 6.38. The van der Waals surface area contributed by atoms with Crippen molar-refractivity contribution in [1.82, 2.24) is 4.90 Å². The summed E-state index contributed by atoms with van der Waals surface area (Å²) in [5, 5.41) is 7.55. The van der Waals surface area contributed by atoms with Crippen molar-refractivity contribution in [2.24, 2.45) is 11.1 Å². The van der Waals surface area contributed by atoms with Gasteiger partial charge >= 0.3 is 0 Å². The summed E-state index contributed by atoms with van der Waals surface area (Å²) >= 11 is 0. The lowest BCUT2D eigenvalue weighted by Gasteiger charge is -2.25. The van der Waals surface area contributed by atoms with Gasteiger partial charge in [0.2, 0.25) is 0 Å². The molecule has 0 unspecified atom stereocenters. The molecule has 1 aliphatic rings. The van der Waals surface area contributed by atoms with E-state index in [-0.39, 0.29) is 5.41 Å². The van der Waals surface area contributed by atoms with Gasteiger partial charge in [-0.15, -0.1) is 0 Å². The van der Waals surface area contributed by atoms with E-state index >= 15 is 0 Å². The minimum Gasteiger partial charge on any atom is -0.387 e. The molecule has 1 saturated carbocycles. The second-order valence-corrected chi connectivity index (χ2v) is 6.38. The molecule has 3 nitrogen and oxygen atoms in total. The van der Waals surface area contributed by atoms with E-state index in [0.717, 1.165) is 12.5 Å². The van der Waals surface area contributed by atoms with Crippen LogP contribution < -0.4 is 5.73 Å². The minimum atomic E-state index is -0.117. The molecule has 0 heterocycles. The molecule has 0 amide bonds. The first kappa shape index (κ1) is 15.5.